The molecular formula is C19H29NO10. The lowest BCUT2D eigenvalue weighted by Gasteiger charge is -2.08. The quantitative estimate of drug-likeness (QED) is 0.228. The highest BCUT2D eigenvalue weighted by Gasteiger charge is 2.13. The highest BCUT2D eigenvalue weighted by atomic mass is 16.6. The van der Waals surface area contributed by atoms with Gasteiger partial charge in [0.25, 0.3) is 0 Å². The van der Waals surface area contributed by atoms with Gasteiger partial charge in [-0.3, -0.25) is 4.98 Å². The molecule has 1 aromatic rings. The highest BCUT2D eigenvalue weighted by molar-refractivity contribution is 5.94. The van der Waals surface area contributed by atoms with Crippen LogP contribution < -0.4 is 0 Å². The minimum absolute atomic E-state index is 0.0346. The Balaban J connectivity index is 2.22. The molecule has 0 aliphatic rings. The summed E-state index contributed by atoms with van der Waals surface area (Å²) in [4.78, 5) is 27.9. The van der Waals surface area contributed by atoms with Gasteiger partial charge in [0.1, 0.15) is 13.2 Å². The van der Waals surface area contributed by atoms with Crippen molar-refractivity contribution in [2.75, 3.05) is 79.3 Å². The van der Waals surface area contributed by atoms with Gasteiger partial charge in [-0.05, 0) is 6.07 Å². The summed E-state index contributed by atoms with van der Waals surface area (Å²) in [5.41, 5.74) is 0.237. The summed E-state index contributed by atoms with van der Waals surface area (Å²) in [6.45, 7) is 2.16. The zero-order valence-corrected chi connectivity index (χ0v) is 16.8. The van der Waals surface area contributed by atoms with Crippen molar-refractivity contribution in [3.8, 4) is 0 Å². The van der Waals surface area contributed by atoms with Crippen LogP contribution in [-0.4, -0.2) is 106 Å². The molecule has 0 amide bonds. The molecule has 0 aliphatic carbocycles. The largest absolute Gasteiger partial charge is 0.460 e. The highest BCUT2D eigenvalue weighted by Crippen LogP contribution is 2.06. The molecule has 0 aromatic carbocycles. The number of rotatable bonds is 18. The van der Waals surface area contributed by atoms with E-state index in [0.29, 0.717) is 26.4 Å². The van der Waals surface area contributed by atoms with Crippen LogP contribution in [0.25, 0.3) is 0 Å². The van der Waals surface area contributed by atoms with E-state index in [1.165, 1.54) is 18.5 Å². The average molecular weight is 431 g/mol. The van der Waals surface area contributed by atoms with Crippen LogP contribution in [0.2, 0.25) is 0 Å². The Morgan fingerprint density at radius 3 is 1.40 bits per heavy atom. The van der Waals surface area contributed by atoms with Gasteiger partial charge in [0.15, 0.2) is 0 Å². The van der Waals surface area contributed by atoms with E-state index in [-0.39, 0.29) is 64.0 Å². The maximum atomic E-state index is 12.0. The van der Waals surface area contributed by atoms with E-state index in [9.17, 15) is 9.59 Å². The first-order valence-electron chi connectivity index (χ1n) is 9.51. The van der Waals surface area contributed by atoms with Crippen molar-refractivity contribution in [2.45, 2.75) is 0 Å². The zero-order valence-electron chi connectivity index (χ0n) is 16.8. The normalized spacial score (nSPS) is 10.7. The molecule has 1 rings (SSSR count). The smallest absolute Gasteiger partial charge is 0.339 e. The van der Waals surface area contributed by atoms with Gasteiger partial charge in [-0.15, -0.1) is 0 Å². The molecule has 1 aromatic heterocycles. The minimum Gasteiger partial charge on any atom is -0.460 e. The van der Waals surface area contributed by atoms with Crippen molar-refractivity contribution >= 4 is 11.9 Å². The van der Waals surface area contributed by atoms with Crippen LogP contribution in [0.1, 0.15) is 20.7 Å². The third kappa shape index (κ3) is 12.4. The number of aliphatic hydroxyl groups excluding tert-OH is 2. The summed E-state index contributed by atoms with van der Waals surface area (Å²) in [7, 11) is 0. The van der Waals surface area contributed by atoms with Gasteiger partial charge in [-0.2, -0.15) is 0 Å². The van der Waals surface area contributed by atoms with Crippen molar-refractivity contribution in [2.24, 2.45) is 0 Å². The van der Waals surface area contributed by atoms with Crippen LogP contribution in [0.5, 0.6) is 0 Å². The molecule has 0 saturated heterocycles. The Hall–Kier alpha value is -2.15. The first kappa shape index (κ1) is 25.9. The van der Waals surface area contributed by atoms with E-state index in [2.05, 4.69) is 4.98 Å². The molecular weight excluding hydrogens is 402 g/mol. The predicted molar refractivity (Wildman–Crippen MR) is 102 cm³/mol. The third-order valence-corrected chi connectivity index (χ3v) is 3.35. The first-order valence-corrected chi connectivity index (χ1v) is 9.51. The fourth-order valence-electron chi connectivity index (χ4n) is 1.99. The number of aromatic nitrogens is 1. The Bertz CT molecular complexity index is 551. The summed E-state index contributed by atoms with van der Waals surface area (Å²) in [5.74, 6) is -1.27. The van der Waals surface area contributed by atoms with Gasteiger partial charge >= 0.3 is 11.9 Å². The third-order valence-electron chi connectivity index (χ3n) is 3.35. The van der Waals surface area contributed by atoms with Crippen molar-refractivity contribution < 1.29 is 48.2 Å². The Morgan fingerprint density at radius 2 is 1.00 bits per heavy atom. The van der Waals surface area contributed by atoms with Crippen molar-refractivity contribution in [3.05, 3.63) is 29.6 Å². The number of hydrogen-bond donors (Lipinski definition) is 2. The molecule has 30 heavy (non-hydrogen) atoms. The van der Waals surface area contributed by atoms with Gasteiger partial charge in [-0.25, -0.2) is 9.59 Å². The van der Waals surface area contributed by atoms with Gasteiger partial charge in [0.2, 0.25) is 0 Å². The molecule has 11 nitrogen and oxygen atoms in total. The van der Waals surface area contributed by atoms with Crippen molar-refractivity contribution in [1.82, 2.24) is 4.98 Å². The molecule has 0 unspecified atom stereocenters. The number of carbonyl (C=O) groups is 2. The second kappa shape index (κ2) is 17.7. The molecule has 11 heteroatoms. The number of nitrogens with zero attached hydrogens (tertiary/aromatic N) is 1. The molecule has 1 heterocycles. The molecule has 0 spiro atoms. The van der Waals surface area contributed by atoms with Crippen LogP contribution in [0.15, 0.2) is 18.5 Å². The van der Waals surface area contributed by atoms with E-state index < -0.39 is 11.9 Å². The van der Waals surface area contributed by atoms with Crippen LogP contribution in [0.4, 0.5) is 0 Å². The second-order valence-corrected chi connectivity index (χ2v) is 5.63. The number of pyridine rings is 1. The van der Waals surface area contributed by atoms with Gasteiger partial charge in [0.05, 0.1) is 77.2 Å². The van der Waals surface area contributed by atoms with Gasteiger partial charge < -0.3 is 38.6 Å². The van der Waals surface area contributed by atoms with Crippen molar-refractivity contribution in [3.63, 3.8) is 0 Å². The maximum Gasteiger partial charge on any atom is 0.339 e. The number of ether oxygens (including phenoxy) is 6. The number of carbonyl (C=O) groups excluding carboxylic acids is 2. The molecule has 0 fully saturated rings. The fourth-order valence-corrected chi connectivity index (χ4v) is 1.99. The average Bonchev–Trinajstić information content (AvgIpc) is 2.77. The summed E-state index contributed by atoms with van der Waals surface area (Å²) < 4.78 is 30.6. The van der Waals surface area contributed by atoms with Gasteiger partial charge in [-0.1, -0.05) is 0 Å². The van der Waals surface area contributed by atoms with Crippen molar-refractivity contribution in [1.29, 1.82) is 0 Å². The van der Waals surface area contributed by atoms with E-state index >= 15 is 0 Å². The van der Waals surface area contributed by atoms with Crippen LogP contribution >= 0.6 is 0 Å². The number of esters is 2. The molecule has 0 atom stereocenters. The maximum absolute atomic E-state index is 12.0. The standard InChI is InChI=1S/C19H29NO10/c21-1-3-25-5-7-27-9-11-29-18(23)16-13-17(15-20-14-16)19(24)30-12-10-28-8-6-26-4-2-22/h13-15,21-22H,1-12H2. The van der Waals surface area contributed by atoms with Gasteiger partial charge in [0, 0.05) is 12.4 Å². The molecule has 170 valence electrons. The minimum atomic E-state index is -0.636. The Labute approximate surface area is 174 Å². The second-order valence-electron chi connectivity index (χ2n) is 5.63. The van der Waals surface area contributed by atoms with E-state index in [0.717, 1.165) is 0 Å². The lowest BCUT2D eigenvalue weighted by molar-refractivity contribution is 0.00893. The lowest BCUT2D eigenvalue weighted by atomic mass is 10.2. The summed E-state index contributed by atoms with van der Waals surface area (Å²) in [6.07, 6.45) is 2.58. The fraction of sp³-hybridized carbons (Fsp3) is 0.632. The van der Waals surface area contributed by atoms with E-state index in [1.807, 2.05) is 0 Å². The molecule has 0 saturated carbocycles. The lowest BCUT2D eigenvalue weighted by Crippen LogP contribution is -2.15. The molecule has 2 N–H and O–H groups in total. The topological polar surface area (TPSA) is 143 Å². The van der Waals surface area contributed by atoms with Crippen LogP contribution in [-0.2, 0) is 28.4 Å². The van der Waals surface area contributed by atoms with E-state index in [4.69, 9.17) is 38.6 Å². The van der Waals surface area contributed by atoms with Crippen LogP contribution in [0.3, 0.4) is 0 Å². The molecule has 0 aliphatic heterocycles. The van der Waals surface area contributed by atoms with Crippen LogP contribution in [0, 0.1) is 0 Å². The molecule has 0 bridgehead atoms. The van der Waals surface area contributed by atoms with E-state index in [1.54, 1.807) is 0 Å². The summed E-state index contributed by atoms with van der Waals surface area (Å²) in [6, 6.07) is 1.34. The Kier molecular flexibility index (Phi) is 15.3. The summed E-state index contributed by atoms with van der Waals surface area (Å²) in [5, 5.41) is 17.1. The number of aliphatic hydroxyl groups is 2. The SMILES string of the molecule is O=C(OCCOCCOCCO)c1cncc(C(=O)OCCOCCOCCO)c1. The molecule has 0 radical (unpaired) electrons. The zero-order chi connectivity index (χ0) is 21.9. The summed E-state index contributed by atoms with van der Waals surface area (Å²) >= 11 is 0. The number of hydrogen-bond acceptors (Lipinski definition) is 11. The Morgan fingerprint density at radius 1 is 0.633 bits per heavy atom. The predicted octanol–water partition coefficient (Wildman–Crippen LogP) is -0.554. The monoisotopic (exact) mass is 431 g/mol. The first-order chi connectivity index (χ1) is 14.7.